The van der Waals surface area contributed by atoms with Crippen LogP contribution in [0.5, 0.6) is 0 Å². The van der Waals surface area contributed by atoms with Crippen molar-refractivity contribution in [3.05, 3.63) is 101 Å². The van der Waals surface area contributed by atoms with Gasteiger partial charge in [-0.15, -0.1) is 11.3 Å². The Bertz CT molecular complexity index is 1110. The van der Waals surface area contributed by atoms with Crippen molar-refractivity contribution in [2.45, 2.75) is 20.4 Å². The van der Waals surface area contributed by atoms with Crippen molar-refractivity contribution < 1.29 is 4.79 Å². The molecule has 0 fully saturated rings. The summed E-state index contributed by atoms with van der Waals surface area (Å²) in [6.07, 6.45) is 1.70. The summed E-state index contributed by atoms with van der Waals surface area (Å²) < 4.78 is 0. The zero-order chi connectivity index (χ0) is 20.2. The maximum Gasteiger partial charge on any atom is 0.279 e. The molecule has 0 aliphatic carbocycles. The van der Waals surface area contributed by atoms with Crippen LogP contribution < -0.4 is 4.90 Å². The maximum absolute atomic E-state index is 13.7. The normalized spacial score (nSPS) is 10.7. The van der Waals surface area contributed by atoms with Gasteiger partial charge in [-0.2, -0.15) is 0 Å². The third-order valence-electron chi connectivity index (χ3n) is 4.60. The van der Waals surface area contributed by atoms with Crippen LogP contribution in [-0.2, 0) is 6.54 Å². The van der Waals surface area contributed by atoms with E-state index in [2.05, 4.69) is 29.0 Å². The lowest BCUT2D eigenvalue weighted by Gasteiger charge is -2.21. The molecule has 144 valence electrons. The van der Waals surface area contributed by atoms with Gasteiger partial charge in [0.25, 0.3) is 5.91 Å². The summed E-state index contributed by atoms with van der Waals surface area (Å²) in [5, 5.41) is 0.864. The van der Waals surface area contributed by atoms with Gasteiger partial charge in [0, 0.05) is 6.20 Å². The van der Waals surface area contributed by atoms with Crippen LogP contribution in [0.25, 0.3) is 10.4 Å². The van der Waals surface area contributed by atoms with Crippen LogP contribution in [0, 0.1) is 13.8 Å². The molecule has 5 heteroatoms. The summed E-state index contributed by atoms with van der Waals surface area (Å²) in [6, 6.07) is 23.7. The standard InChI is InChI=1S/C24H21N3OS/c1-17-11-13-19(14-12-17)16-27(21-10-6-7-15-25-21)24(28)22-23(29-18(2)26-22)20-8-4-3-5-9-20/h3-15H,16H2,1-2H3. The molecular weight excluding hydrogens is 378 g/mol. The molecule has 4 nitrogen and oxygen atoms in total. The van der Waals surface area contributed by atoms with Crippen LogP contribution in [0.2, 0.25) is 0 Å². The molecule has 0 spiro atoms. The molecule has 4 aromatic rings. The Hall–Kier alpha value is -3.31. The summed E-state index contributed by atoms with van der Waals surface area (Å²) in [5.74, 6) is 0.468. The number of hydrogen-bond donors (Lipinski definition) is 0. The van der Waals surface area contributed by atoms with Gasteiger partial charge in [0.05, 0.1) is 16.4 Å². The van der Waals surface area contributed by atoms with Crippen molar-refractivity contribution >= 4 is 23.1 Å². The molecule has 0 aliphatic rings. The van der Waals surface area contributed by atoms with Crippen LogP contribution in [0.4, 0.5) is 5.82 Å². The van der Waals surface area contributed by atoms with E-state index >= 15 is 0 Å². The number of pyridine rings is 1. The summed E-state index contributed by atoms with van der Waals surface area (Å²) in [6.45, 7) is 4.41. The minimum absolute atomic E-state index is 0.146. The van der Waals surface area contributed by atoms with E-state index in [9.17, 15) is 4.79 Å². The van der Waals surface area contributed by atoms with E-state index in [0.29, 0.717) is 18.1 Å². The number of thiazole rings is 1. The molecule has 1 amide bonds. The van der Waals surface area contributed by atoms with Crippen molar-refractivity contribution in [3.8, 4) is 10.4 Å². The van der Waals surface area contributed by atoms with Crippen LogP contribution >= 0.6 is 11.3 Å². The zero-order valence-corrected chi connectivity index (χ0v) is 17.2. The molecule has 0 saturated heterocycles. The first kappa shape index (κ1) is 19.0. The van der Waals surface area contributed by atoms with Gasteiger partial charge in [0.15, 0.2) is 0 Å². The van der Waals surface area contributed by atoms with Crippen LogP contribution in [0.15, 0.2) is 79.0 Å². The van der Waals surface area contributed by atoms with Gasteiger partial charge in [-0.1, -0.05) is 66.2 Å². The Morgan fingerprint density at radius 3 is 2.34 bits per heavy atom. The second kappa shape index (κ2) is 8.37. The Kier molecular flexibility index (Phi) is 5.49. The number of hydrogen-bond acceptors (Lipinski definition) is 4. The molecule has 29 heavy (non-hydrogen) atoms. The van der Waals surface area contributed by atoms with E-state index in [1.165, 1.54) is 16.9 Å². The highest BCUT2D eigenvalue weighted by Crippen LogP contribution is 2.32. The van der Waals surface area contributed by atoms with Crippen LogP contribution in [0.3, 0.4) is 0 Å². The average Bonchev–Trinajstić information content (AvgIpc) is 3.16. The third kappa shape index (κ3) is 4.25. The Labute approximate surface area is 174 Å². The highest BCUT2D eigenvalue weighted by Gasteiger charge is 2.25. The van der Waals surface area contributed by atoms with E-state index in [0.717, 1.165) is 21.0 Å². The Balaban J connectivity index is 1.75. The molecule has 2 aromatic carbocycles. The molecule has 0 bridgehead atoms. The summed E-state index contributed by atoms with van der Waals surface area (Å²) in [7, 11) is 0. The fourth-order valence-corrected chi connectivity index (χ4v) is 4.05. The van der Waals surface area contributed by atoms with Gasteiger partial charge in [0.1, 0.15) is 11.5 Å². The van der Waals surface area contributed by atoms with Crippen molar-refractivity contribution in [2.24, 2.45) is 0 Å². The lowest BCUT2D eigenvalue weighted by Crippen LogP contribution is -2.31. The van der Waals surface area contributed by atoms with Gasteiger partial charge < -0.3 is 0 Å². The van der Waals surface area contributed by atoms with E-state index in [1.807, 2.05) is 67.6 Å². The number of carbonyl (C=O) groups is 1. The number of anilines is 1. The van der Waals surface area contributed by atoms with Gasteiger partial charge in [0.2, 0.25) is 0 Å². The minimum atomic E-state index is -0.146. The van der Waals surface area contributed by atoms with Crippen molar-refractivity contribution in [2.75, 3.05) is 4.90 Å². The Morgan fingerprint density at radius 2 is 1.66 bits per heavy atom. The smallest absolute Gasteiger partial charge is 0.279 e. The Morgan fingerprint density at radius 1 is 0.931 bits per heavy atom. The van der Waals surface area contributed by atoms with E-state index in [4.69, 9.17) is 0 Å². The SMILES string of the molecule is Cc1ccc(CN(C(=O)c2nc(C)sc2-c2ccccc2)c2ccccn2)cc1. The molecule has 0 aliphatic heterocycles. The monoisotopic (exact) mass is 399 g/mol. The van der Waals surface area contributed by atoms with E-state index in [-0.39, 0.29) is 5.91 Å². The molecular formula is C24H21N3OS. The van der Waals surface area contributed by atoms with E-state index < -0.39 is 0 Å². The number of carbonyl (C=O) groups excluding carboxylic acids is 1. The summed E-state index contributed by atoms with van der Waals surface area (Å²) in [4.78, 5) is 25.3. The lowest BCUT2D eigenvalue weighted by atomic mass is 10.1. The number of aromatic nitrogens is 2. The second-order valence-corrected chi connectivity index (χ2v) is 8.04. The topological polar surface area (TPSA) is 46.1 Å². The molecule has 2 aromatic heterocycles. The van der Waals surface area contributed by atoms with Gasteiger partial charge in [-0.3, -0.25) is 9.69 Å². The molecule has 0 radical (unpaired) electrons. The summed E-state index contributed by atoms with van der Waals surface area (Å²) in [5.41, 5.74) is 3.70. The number of aryl methyl sites for hydroxylation is 2. The van der Waals surface area contributed by atoms with Crippen LogP contribution in [0.1, 0.15) is 26.6 Å². The molecule has 0 atom stereocenters. The molecule has 0 N–H and O–H groups in total. The van der Waals surface area contributed by atoms with Crippen molar-refractivity contribution in [3.63, 3.8) is 0 Å². The first-order chi connectivity index (χ1) is 14.1. The number of benzene rings is 2. The number of rotatable bonds is 5. The fraction of sp³-hybridized carbons (Fsp3) is 0.125. The number of amides is 1. The highest BCUT2D eigenvalue weighted by molar-refractivity contribution is 7.15. The first-order valence-corrected chi connectivity index (χ1v) is 10.2. The second-order valence-electron chi connectivity index (χ2n) is 6.84. The van der Waals surface area contributed by atoms with Gasteiger partial charge in [-0.25, -0.2) is 9.97 Å². The lowest BCUT2D eigenvalue weighted by molar-refractivity contribution is 0.0980. The quantitative estimate of drug-likeness (QED) is 0.434. The molecule has 2 heterocycles. The molecule has 0 saturated carbocycles. The van der Waals surface area contributed by atoms with Crippen LogP contribution in [-0.4, -0.2) is 15.9 Å². The average molecular weight is 400 g/mol. The minimum Gasteiger partial charge on any atom is -0.287 e. The fourth-order valence-electron chi connectivity index (χ4n) is 3.13. The molecule has 0 unspecified atom stereocenters. The zero-order valence-electron chi connectivity index (χ0n) is 16.4. The van der Waals surface area contributed by atoms with Gasteiger partial charge in [-0.05, 0) is 37.1 Å². The molecule has 4 rings (SSSR count). The third-order valence-corrected chi connectivity index (χ3v) is 5.62. The largest absolute Gasteiger partial charge is 0.287 e. The van der Waals surface area contributed by atoms with Crippen molar-refractivity contribution in [1.82, 2.24) is 9.97 Å². The first-order valence-electron chi connectivity index (χ1n) is 9.43. The van der Waals surface area contributed by atoms with Crippen molar-refractivity contribution in [1.29, 1.82) is 0 Å². The summed E-state index contributed by atoms with van der Waals surface area (Å²) >= 11 is 1.54. The predicted molar refractivity (Wildman–Crippen MR) is 118 cm³/mol. The predicted octanol–water partition coefficient (Wildman–Crippen LogP) is 5.67. The van der Waals surface area contributed by atoms with E-state index in [1.54, 1.807) is 11.1 Å². The maximum atomic E-state index is 13.7. The highest BCUT2D eigenvalue weighted by atomic mass is 32.1. The van der Waals surface area contributed by atoms with Gasteiger partial charge >= 0.3 is 0 Å². The number of nitrogens with zero attached hydrogens (tertiary/aromatic N) is 3.